The molecule has 5 heteroatoms. The first-order valence-electron chi connectivity index (χ1n) is 6.51. The van der Waals surface area contributed by atoms with E-state index < -0.39 is 0 Å². The number of aromatic nitrogens is 1. The van der Waals surface area contributed by atoms with Crippen LogP contribution in [0.4, 0.5) is 5.82 Å². The van der Waals surface area contributed by atoms with Gasteiger partial charge in [-0.3, -0.25) is 4.79 Å². The van der Waals surface area contributed by atoms with Gasteiger partial charge in [0.2, 0.25) is 0 Å². The monoisotopic (exact) mass is 265 g/mol. The van der Waals surface area contributed by atoms with Crippen LogP contribution in [0.1, 0.15) is 30.6 Å². The smallest absolute Gasteiger partial charge is 0.251 e. The Labute approximate surface area is 114 Å². The standard InChI is InChI=1S/C14H23N3O2/c1-10(2)12(18)6-8-16-14(19)11-5-7-15-13(9-11)17(3)4/h5,7,9-10,12,18H,6,8H2,1-4H3,(H,16,19). The number of pyridine rings is 1. The van der Waals surface area contributed by atoms with Gasteiger partial charge >= 0.3 is 0 Å². The number of aliphatic hydroxyl groups excluding tert-OH is 1. The van der Waals surface area contributed by atoms with Gasteiger partial charge in [-0.15, -0.1) is 0 Å². The van der Waals surface area contributed by atoms with Crippen LogP contribution >= 0.6 is 0 Å². The van der Waals surface area contributed by atoms with Crippen LogP contribution in [0.5, 0.6) is 0 Å². The van der Waals surface area contributed by atoms with Crippen LogP contribution in [0.3, 0.4) is 0 Å². The molecular weight excluding hydrogens is 242 g/mol. The molecule has 0 aliphatic carbocycles. The first kappa shape index (κ1) is 15.4. The van der Waals surface area contributed by atoms with Gasteiger partial charge in [0, 0.05) is 32.4 Å². The zero-order valence-corrected chi connectivity index (χ0v) is 12.1. The maximum Gasteiger partial charge on any atom is 0.251 e. The average Bonchev–Trinajstić information content (AvgIpc) is 2.38. The molecule has 1 amide bonds. The second-order valence-electron chi connectivity index (χ2n) is 5.15. The molecule has 1 aromatic rings. The Morgan fingerprint density at radius 1 is 1.47 bits per heavy atom. The molecule has 0 aromatic carbocycles. The molecule has 0 aliphatic rings. The SMILES string of the molecule is CC(C)C(O)CCNC(=O)c1ccnc(N(C)C)c1. The topological polar surface area (TPSA) is 65.5 Å². The molecule has 0 spiro atoms. The minimum Gasteiger partial charge on any atom is -0.393 e. The molecular formula is C14H23N3O2. The molecule has 1 aromatic heterocycles. The summed E-state index contributed by atoms with van der Waals surface area (Å²) in [5, 5.41) is 12.5. The van der Waals surface area contributed by atoms with Crippen LogP contribution in [0, 0.1) is 5.92 Å². The second-order valence-corrected chi connectivity index (χ2v) is 5.15. The van der Waals surface area contributed by atoms with Crippen LogP contribution < -0.4 is 10.2 Å². The van der Waals surface area contributed by atoms with Crippen molar-refractivity contribution in [2.24, 2.45) is 5.92 Å². The Bertz CT molecular complexity index is 419. The molecule has 0 fully saturated rings. The summed E-state index contributed by atoms with van der Waals surface area (Å²) in [7, 11) is 3.76. The highest BCUT2D eigenvalue weighted by molar-refractivity contribution is 5.94. The van der Waals surface area contributed by atoms with Gasteiger partial charge in [-0.2, -0.15) is 0 Å². The summed E-state index contributed by atoms with van der Waals surface area (Å²) >= 11 is 0. The van der Waals surface area contributed by atoms with E-state index in [0.717, 1.165) is 5.82 Å². The number of carbonyl (C=O) groups excluding carboxylic acids is 1. The molecule has 1 heterocycles. The fourth-order valence-corrected chi connectivity index (χ4v) is 1.57. The molecule has 1 atom stereocenters. The lowest BCUT2D eigenvalue weighted by atomic mass is 10.0. The van der Waals surface area contributed by atoms with Gasteiger partial charge in [-0.1, -0.05) is 13.8 Å². The lowest BCUT2D eigenvalue weighted by Crippen LogP contribution is -2.28. The van der Waals surface area contributed by atoms with E-state index in [1.807, 2.05) is 32.8 Å². The number of nitrogens with zero attached hydrogens (tertiary/aromatic N) is 2. The zero-order valence-electron chi connectivity index (χ0n) is 12.1. The average molecular weight is 265 g/mol. The predicted molar refractivity (Wildman–Crippen MR) is 76.4 cm³/mol. The largest absolute Gasteiger partial charge is 0.393 e. The van der Waals surface area contributed by atoms with Crippen LogP contribution in [-0.2, 0) is 0 Å². The van der Waals surface area contributed by atoms with Crippen molar-refractivity contribution in [2.75, 3.05) is 25.5 Å². The van der Waals surface area contributed by atoms with Crippen molar-refractivity contribution in [3.63, 3.8) is 0 Å². The predicted octanol–water partition coefficient (Wildman–Crippen LogP) is 1.28. The highest BCUT2D eigenvalue weighted by atomic mass is 16.3. The number of amides is 1. The molecule has 0 bridgehead atoms. The third kappa shape index (κ3) is 4.87. The first-order valence-corrected chi connectivity index (χ1v) is 6.51. The Kier molecular flexibility index (Phi) is 5.76. The van der Waals surface area contributed by atoms with Crippen molar-refractivity contribution >= 4 is 11.7 Å². The van der Waals surface area contributed by atoms with Crippen molar-refractivity contribution in [2.45, 2.75) is 26.4 Å². The van der Waals surface area contributed by atoms with Crippen molar-refractivity contribution in [1.29, 1.82) is 0 Å². The number of nitrogens with one attached hydrogen (secondary N) is 1. The van der Waals surface area contributed by atoms with E-state index in [-0.39, 0.29) is 17.9 Å². The highest BCUT2D eigenvalue weighted by Gasteiger charge is 2.11. The lowest BCUT2D eigenvalue weighted by molar-refractivity contribution is 0.0920. The zero-order chi connectivity index (χ0) is 14.4. The molecule has 1 unspecified atom stereocenters. The Morgan fingerprint density at radius 2 is 2.16 bits per heavy atom. The molecule has 0 radical (unpaired) electrons. The Balaban J connectivity index is 2.52. The van der Waals surface area contributed by atoms with Crippen LogP contribution in [0.25, 0.3) is 0 Å². The van der Waals surface area contributed by atoms with E-state index in [2.05, 4.69) is 10.3 Å². The van der Waals surface area contributed by atoms with Gasteiger partial charge < -0.3 is 15.3 Å². The first-order chi connectivity index (χ1) is 8.91. The number of anilines is 1. The van der Waals surface area contributed by atoms with E-state index in [9.17, 15) is 9.90 Å². The molecule has 0 saturated carbocycles. The number of aliphatic hydroxyl groups is 1. The molecule has 2 N–H and O–H groups in total. The van der Waals surface area contributed by atoms with E-state index >= 15 is 0 Å². The van der Waals surface area contributed by atoms with Crippen molar-refractivity contribution in [3.05, 3.63) is 23.9 Å². The van der Waals surface area contributed by atoms with Gasteiger partial charge in [0.25, 0.3) is 5.91 Å². The summed E-state index contributed by atoms with van der Waals surface area (Å²) in [5.74, 6) is 0.814. The number of hydrogen-bond donors (Lipinski definition) is 2. The second kappa shape index (κ2) is 7.09. The molecule has 0 saturated heterocycles. The highest BCUT2D eigenvalue weighted by Crippen LogP contribution is 2.09. The maximum absolute atomic E-state index is 11.9. The molecule has 1 rings (SSSR count). The van der Waals surface area contributed by atoms with Crippen LogP contribution in [-0.4, -0.2) is 42.7 Å². The number of hydrogen-bond acceptors (Lipinski definition) is 4. The number of carbonyl (C=O) groups is 1. The minimum atomic E-state index is -0.380. The molecule has 0 aliphatic heterocycles. The summed E-state index contributed by atoms with van der Waals surface area (Å²) in [4.78, 5) is 17.9. The minimum absolute atomic E-state index is 0.138. The third-order valence-electron chi connectivity index (χ3n) is 2.96. The van der Waals surface area contributed by atoms with Gasteiger partial charge in [0.05, 0.1) is 6.10 Å². The fourth-order valence-electron chi connectivity index (χ4n) is 1.57. The van der Waals surface area contributed by atoms with Crippen molar-refractivity contribution in [3.8, 4) is 0 Å². The van der Waals surface area contributed by atoms with E-state index in [1.54, 1.807) is 18.3 Å². The third-order valence-corrected chi connectivity index (χ3v) is 2.96. The van der Waals surface area contributed by atoms with Crippen molar-refractivity contribution in [1.82, 2.24) is 10.3 Å². The lowest BCUT2D eigenvalue weighted by Gasteiger charge is -2.15. The fraction of sp³-hybridized carbons (Fsp3) is 0.571. The summed E-state index contributed by atoms with van der Waals surface area (Å²) in [6.07, 6.45) is 1.80. The van der Waals surface area contributed by atoms with E-state index in [4.69, 9.17) is 0 Å². The van der Waals surface area contributed by atoms with E-state index in [1.165, 1.54) is 0 Å². The normalized spacial score (nSPS) is 12.3. The van der Waals surface area contributed by atoms with Crippen LogP contribution in [0.2, 0.25) is 0 Å². The van der Waals surface area contributed by atoms with Gasteiger partial charge in [0.1, 0.15) is 5.82 Å². The number of rotatable bonds is 6. The van der Waals surface area contributed by atoms with Crippen LogP contribution in [0.15, 0.2) is 18.3 Å². The summed E-state index contributed by atoms with van der Waals surface area (Å²) < 4.78 is 0. The molecule has 19 heavy (non-hydrogen) atoms. The summed E-state index contributed by atoms with van der Waals surface area (Å²) in [6.45, 7) is 4.38. The maximum atomic E-state index is 11.9. The molecule has 5 nitrogen and oxygen atoms in total. The summed E-state index contributed by atoms with van der Waals surface area (Å²) in [6, 6.07) is 3.43. The quantitative estimate of drug-likeness (QED) is 0.813. The Morgan fingerprint density at radius 3 is 2.74 bits per heavy atom. The van der Waals surface area contributed by atoms with E-state index in [0.29, 0.717) is 18.5 Å². The van der Waals surface area contributed by atoms with Gasteiger partial charge in [-0.05, 0) is 24.5 Å². The van der Waals surface area contributed by atoms with Gasteiger partial charge in [0.15, 0.2) is 0 Å². The van der Waals surface area contributed by atoms with Crippen molar-refractivity contribution < 1.29 is 9.90 Å². The van der Waals surface area contributed by atoms with Gasteiger partial charge in [-0.25, -0.2) is 4.98 Å². The molecule has 106 valence electrons. The Hall–Kier alpha value is -1.62. The summed E-state index contributed by atoms with van der Waals surface area (Å²) in [5.41, 5.74) is 0.581.